The Morgan fingerprint density at radius 3 is 2.53 bits per heavy atom. The van der Waals surface area contributed by atoms with Crippen molar-refractivity contribution in [2.24, 2.45) is 0 Å². The fourth-order valence-electron chi connectivity index (χ4n) is 1.41. The van der Waals surface area contributed by atoms with Gasteiger partial charge in [0.25, 0.3) is 0 Å². The quantitative estimate of drug-likeness (QED) is 0.186. The smallest absolute Gasteiger partial charge is 0.330 e. The van der Waals surface area contributed by atoms with Crippen LogP contribution in [0.25, 0.3) is 0 Å². The zero-order valence-electron chi connectivity index (χ0n) is 10.9. The Bertz CT molecular complexity index is 203. The van der Waals surface area contributed by atoms with Crippen molar-refractivity contribution < 1.29 is 19.0 Å². The third-order valence-corrected chi connectivity index (χ3v) is 4.08. The molecule has 0 unspecified atom stereocenters. The summed E-state index contributed by atoms with van der Waals surface area (Å²) in [5, 5.41) is 0. The van der Waals surface area contributed by atoms with Crippen molar-refractivity contribution in [2.45, 2.75) is 38.6 Å². The van der Waals surface area contributed by atoms with Crippen LogP contribution in [0.3, 0.4) is 0 Å². The van der Waals surface area contributed by atoms with Crippen LogP contribution < -0.4 is 0 Å². The molecule has 0 aliphatic carbocycles. The van der Waals surface area contributed by atoms with Crippen LogP contribution in [-0.2, 0) is 19.0 Å². The highest BCUT2D eigenvalue weighted by Crippen LogP contribution is 2.04. The van der Waals surface area contributed by atoms with Crippen LogP contribution in [0.15, 0.2) is 12.7 Å². The molecule has 0 saturated carbocycles. The van der Waals surface area contributed by atoms with E-state index in [0.29, 0.717) is 19.8 Å². The molecule has 0 bridgehead atoms. The van der Waals surface area contributed by atoms with Gasteiger partial charge in [-0.15, -0.1) is 0 Å². The van der Waals surface area contributed by atoms with Gasteiger partial charge in [0.15, 0.2) is 6.29 Å². The molecule has 0 fully saturated rings. The lowest BCUT2D eigenvalue weighted by Crippen LogP contribution is -2.19. The van der Waals surface area contributed by atoms with E-state index in [2.05, 4.69) is 6.58 Å². The Morgan fingerprint density at radius 1 is 1.35 bits per heavy atom. The molecule has 0 aliphatic heterocycles. The summed E-state index contributed by atoms with van der Waals surface area (Å²) in [5.41, 5.74) is 0. The molecular weight excluding hydrogens is 236 g/mol. The van der Waals surface area contributed by atoms with E-state index >= 15 is 0 Å². The minimum absolute atomic E-state index is 0.0348. The van der Waals surface area contributed by atoms with Gasteiger partial charge in [-0.3, -0.25) is 0 Å². The molecule has 0 rings (SSSR count). The number of esters is 1. The first kappa shape index (κ1) is 16.3. The van der Waals surface area contributed by atoms with E-state index in [0.717, 1.165) is 18.5 Å². The normalized spacial score (nSPS) is 11.2. The van der Waals surface area contributed by atoms with E-state index < -0.39 is 0 Å². The lowest BCUT2D eigenvalue weighted by atomic mass is 10.5. The van der Waals surface area contributed by atoms with Gasteiger partial charge in [0.05, 0.1) is 6.61 Å². The summed E-state index contributed by atoms with van der Waals surface area (Å²) in [4.78, 5) is 10.8. The summed E-state index contributed by atoms with van der Waals surface area (Å²) in [6, 6.07) is 2.16. The van der Waals surface area contributed by atoms with Gasteiger partial charge in [-0.1, -0.05) is 12.6 Å². The molecule has 0 amide bonds. The second-order valence-electron chi connectivity index (χ2n) is 3.56. The van der Waals surface area contributed by atoms with E-state index in [4.69, 9.17) is 14.2 Å². The van der Waals surface area contributed by atoms with E-state index in [-0.39, 0.29) is 21.8 Å². The number of carbonyl (C=O) groups excluding carboxylic acids is 1. The van der Waals surface area contributed by atoms with Crippen molar-refractivity contribution in [1.29, 1.82) is 0 Å². The number of rotatable bonds is 11. The van der Waals surface area contributed by atoms with E-state index in [1.54, 1.807) is 0 Å². The number of hydrogen-bond acceptors (Lipinski definition) is 4. The molecule has 0 aromatic heterocycles. The third-order valence-electron chi connectivity index (χ3n) is 2.20. The monoisotopic (exact) mass is 260 g/mol. The van der Waals surface area contributed by atoms with Crippen LogP contribution in [0.1, 0.15) is 20.3 Å². The number of hydrogen-bond donors (Lipinski definition) is 0. The van der Waals surface area contributed by atoms with Crippen molar-refractivity contribution in [3.8, 4) is 0 Å². The Labute approximate surface area is 106 Å². The molecule has 0 N–H and O–H groups in total. The van der Waals surface area contributed by atoms with Gasteiger partial charge in [0.2, 0.25) is 0 Å². The zero-order chi connectivity index (χ0) is 12.9. The van der Waals surface area contributed by atoms with Crippen LogP contribution in [-0.4, -0.2) is 41.6 Å². The molecule has 5 heteroatoms. The Hall–Kier alpha value is -0.653. The van der Waals surface area contributed by atoms with Crippen molar-refractivity contribution in [3.63, 3.8) is 0 Å². The molecule has 0 aliphatic rings. The molecule has 0 aromatic rings. The molecule has 0 spiro atoms. The van der Waals surface area contributed by atoms with E-state index in [1.165, 1.54) is 6.08 Å². The van der Waals surface area contributed by atoms with Crippen molar-refractivity contribution in [1.82, 2.24) is 0 Å². The highest BCUT2D eigenvalue weighted by atomic mass is 28.2. The molecule has 100 valence electrons. The molecule has 0 heterocycles. The maximum Gasteiger partial charge on any atom is 0.330 e. The zero-order valence-corrected chi connectivity index (χ0v) is 12.4. The van der Waals surface area contributed by atoms with Crippen LogP contribution >= 0.6 is 0 Å². The SMILES string of the molecule is C=CC(=O)OCCC[SiH2]CC(OCC)OCC. The Balaban J connectivity index is 3.41. The molecule has 0 atom stereocenters. The average Bonchev–Trinajstić information content (AvgIpc) is 2.33. The predicted molar refractivity (Wildman–Crippen MR) is 71.0 cm³/mol. The van der Waals surface area contributed by atoms with Gasteiger partial charge in [0, 0.05) is 28.8 Å². The van der Waals surface area contributed by atoms with Crippen molar-refractivity contribution in [3.05, 3.63) is 12.7 Å². The van der Waals surface area contributed by atoms with Crippen molar-refractivity contribution in [2.75, 3.05) is 19.8 Å². The van der Waals surface area contributed by atoms with Crippen LogP contribution in [0.2, 0.25) is 12.1 Å². The van der Waals surface area contributed by atoms with Gasteiger partial charge >= 0.3 is 5.97 Å². The minimum atomic E-state index is -0.340. The second kappa shape index (κ2) is 11.8. The lowest BCUT2D eigenvalue weighted by Gasteiger charge is -2.16. The highest BCUT2D eigenvalue weighted by Gasteiger charge is 2.07. The molecular formula is C12H24O4Si. The van der Waals surface area contributed by atoms with E-state index in [1.807, 2.05) is 13.8 Å². The van der Waals surface area contributed by atoms with Gasteiger partial charge in [-0.05, 0) is 26.3 Å². The molecule has 0 saturated heterocycles. The van der Waals surface area contributed by atoms with Gasteiger partial charge < -0.3 is 14.2 Å². The number of carbonyl (C=O) groups is 1. The summed E-state index contributed by atoms with van der Waals surface area (Å²) in [6.45, 7) is 9.16. The fourth-order valence-corrected chi connectivity index (χ4v) is 2.92. The first-order chi connectivity index (χ1) is 8.24. The first-order valence-corrected chi connectivity index (χ1v) is 8.27. The summed E-state index contributed by atoms with van der Waals surface area (Å²) in [6.07, 6.45) is 2.08. The minimum Gasteiger partial charge on any atom is -0.463 e. The van der Waals surface area contributed by atoms with Gasteiger partial charge in [-0.25, -0.2) is 4.79 Å². The first-order valence-electron chi connectivity index (χ1n) is 6.27. The second-order valence-corrected chi connectivity index (χ2v) is 5.55. The van der Waals surface area contributed by atoms with Crippen molar-refractivity contribution >= 4 is 15.5 Å². The predicted octanol–water partition coefficient (Wildman–Crippen LogP) is 1.51. The molecule has 4 nitrogen and oxygen atoms in total. The maximum absolute atomic E-state index is 10.8. The summed E-state index contributed by atoms with van der Waals surface area (Å²) >= 11 is 0. The average molecular weight is 260 g/mol. The van der Waals surface area contributed by atoms with Crippen LogP contribution in [0.5, 0.6) is 0 Å². The van der Waals surface area contributed by atoms with Crippen LogP contribution in [0, 0.1) is 0 Å². The lowest BCUT2D eigenvalue weighted by molar-refractivity contribution is -0.137. The van der Waals surface area contributed by atoms with E-state index in [9.17, 15) is 4.79 Å². The van der Waals surface area contributed by atoms with Crippen LogP contribution in [0.4, 0.5) is 0 Å². The largest absolute Gasteiger partial charge is 0.463 e. The standard InChI is InChI=1S/C12H24O4Si/c1-4-11(13)16-8-7-9-17-10-12(14-5-2)15-6-3/h4,12H,1,5-10,17H2,2-3H3. The molecule has 0 radical (unpaired) electrons. The highest BCUT2D eigenvalue weighted by molar-refractivity contribution is 6.35. The topological polar surface area (TPSA) is 44.8 Å². The summed E-state index contributed by atoms with van der Waals surface area (Å²) < 4.78 is 15.8. The Kier molecular flexibility index (Phi) is 11.4. The summed E-state index contributed by atoms with van der Waals surface area (Å²) in [7, 11) is -0.195. The van der Waals surface area contributed by atoms with Gasteiger partial charge in [0.1, 0.15) is 0 Å². The molecule has 17 heavy (non-hydrogen) atoms. The number of ether oxygens (including phenoxy) is 3. The maximum atomic E-state index is 10.8. The summed E-state index contributed by atoms with van der Waals surface area (Å²) in [5.74, 6) is -0.340. The fraction of sp³-hybridized carbons (Fsp3) is 0.750. The van der Waals surface area contributed by atoms with Gasteiger partial charge in [-0.2, -0.15) is 0 Å². The molecule has 0 aromatic carbocycles. The third kappa shape index (κ3) is 10.2. The Morgan fingerprint density at radius 2 is 2.00 bits per heavy atom.